The summed E-state index contributed by atoms with van der Waals surface area (Å²) in [5.74, 6) is 0.441. The van der Waals surface area contributed by atoms with Crippen LogP contribution in [0.3, 0.4) is 0 Å². The Morgan fingerprint density at radius 3 is 2.78 bits per heavy atom. The Morgan fingerprint density at radius 2 is 2.06 bits per heavy atom. The predicted octanol–water partition coefficient (Wildman–Crippen LogP) is 4.47. The summed E-state index contributed by atoms with van der Waals surface area (Å²) in [7, 11) is 0. The number of carbonyl (C=O) groups excluding carboxylic acids is 1. The Labute approximate surface area is 112 Å². The van der Waals surface area contributed by atoms with Gasteiger partial charge >= 0.3 is 6.09 Å². The molecule has 1 aliphatic rings. The van der Waals surface area contributed by atoms with Crippen molar-refractivity contribution >= 4 is 23.4 Å². The van der Waals surface area contributed by atoms with Gasteiger partial charge in [-0.2, -0.15) is 0 Å². The van der Waals surface area contributed by atoms with E-state index in [0.717, 1.165) is 19.3 Å². The Hall–Kier alpha value is -1.22. The van der Waals surface area contributed by atoms with Crippen LogP contribution >= 0.6 is 11.6 Å². The number of hydrogen-bond donors (Lipinski definition) is 1. The number of halogens is 1. The molecule has 2 atom stereocenters. The van der Waals surface area contributed by atoms with Crippen LogP contribution in [0.5, 0.6) is 0 Å². The van der Waals surface area contributed by atoms with Gasteiger partial charge in [-0.25, -0.2) is 4.79 Å². The van der Waals surface area contributed by atoms with Crippen LogP contribution in [0, 0.1) is 5.92 Å². The highest BCUT2D eigenvalue weighted by Gasteiger charge is 2.24. The van der Waals surface area contributed by atoms with Gasteiger partial charge in [0.1, 0.15) is 6.10 Å². The van der Waals surface area contributed by atoms with Crippen LogP contribution < -0.4 is 5.32 Å². The lowest BCUT2D eigenvalue weighted by Gasteiger charge is -2.28. The smallest absolute Gasteiger partial charge is 0.411 e. The van der Waals surface area contributed by atoms with Crippen molar-refractivity contribution in [2.24, 2.45) is 5.92 Å². The molecule has 1 fully saturated rings. The van der Waals surface area contributed by atoms with Crippen molar-refractivity contribution in [2.75, 3.05) is 5.32 Å². The maximum atomic E-state index is 11.8. The van der Waals surface area contributed by atoms with Crippen molar-refractivity contribution < 1.29 is 9.53 Å². The number of carbonyl (C=O) groups is 1. The normalized spacial score (nSPS) is 23.4. The van der Waals surface area contributed by atoms with Crippen LogP contribution in [0.2, 0.25) is 5.02 Å². The van der Waals surface area contributed by atoms with Crippen LogP contribution in [-0.2, 0) is 4.74 Å². The fraction of sp³-hybridized carbons (Fsp3) is 0.500. The standard InChI is InChI=1S/C14H18ClNO2/c1-10-6-2-5-9-13(10)18-14(17)16-12-8-4-3-7-11(12)15/h3-4,7-8,10,13H,2,5-6,9H2,1H3,(H,16,17)/t10-,13-/m1/s1. The zero-order valence-corrected chi connectivity index (χ0v) is 11.2. The highest BCUT2D eigenvalue weighted by molar-refractivity contribution is 6.33. The minimum atomic E-state index is -0.415. The van der Waals surface area contributed by atoms with E-state index in [9.17, 15) is 4.79 Å². The number of nitrogens with one attached hydrogen (secondary N) is 1. The van der Waals surface area contributed by atoms with Crippen molar-refractivity contribution in [3.05, 3.63) is 29.3 Å². The van der Waals surface area contributed by atoms with Gasteiger partial charge in [0.25, 0.3) is 0 Å². The quantitative estimate of drug-likeness (QED) is 0.859. The summed E-state index contributed by atoms with van der Waals surface area (Å²) in [6.45, 7) is 2.13. The minimum Gasteiger partial charge on any atom is -0.446 e. The monoisotopic (exact) mass is 267 g/mol. The van der Waals surface area contributed by atoms with Crippen molar-refractivity contribution in [3.63, 3.8) is 0 Å². The number of benzene rings is 1. The third-order valence-corrected chi connectivity index (χ3v) is 3.73. The third-order valence-electron chi connectivity index (χ3n) is 3.40. The summed E-state index contributed by atoms with van der Waals surface area (Å²) < 4.78 is 5.45. The molecule has 4 heteroatoms. The first-order chi connectivity index (χ1) is 8.66. The lowest BCUT2D eigenvalue weighted by atomic mass is 9.88. The van der Waals surface area contributed by atoms with Gasteiger partial charge < -0.3 is 4.74 Å². The average Bonchev–Trinajstić information content (AvgIpc) is 2.35. The van der Waals surface area contributed by atoms with Crippen LogP contribution in [0.4, 0.5) is 10.5 Å². The molecule has 98 valence electrons. The second-order valence-corrected chi connectivity index (χ2v) is 5.22. The Kier molecular flexibility index (Phi) is 4.48. The summed E-state index contributed by atoms with van der Waals surface area (Å²) in [6, 6.07) is 7.14. The molecule has 3 nitrogen and oxygen atoms in total. The van der Waals surface area contributed by atoms with Gasteiger partial charge in [0.15, 0.2) is 0 Å². The molecule has 1 aromatic rings. The molecule has 0 heterocycles. The average molecular weight is 268 g/mol. The van der Waals surface area contributed by atoms with Crippen LogP contribution in [0.25, 0.3) is 0 Å². The topological polar surface area (TPSA) is 38.3 Å². The first-order valence-electron chi connectivity index (χ1n) is 6.39. The van der Waals surface area contributed by atoms with Crippen LogP contribution in [-0.4, -0.2) is 12.2 Å². The summed E-state index contributed by atoms with van der Waals surface area (Å²) in [6.07, 6.45) is 4.06. The lowest BCUT2D eigenvalue weighted by Crippen LogP contribution is -2.30. The molecule has 1 aliphatic carbocycles. The van der Waals surface area contributed by atoms with Crippen LogP contribution in [0.1, 0.15) is 32.6 Å². The summed E-state index contributed by atoms with van der Waals surface area (Å²) in [5, 5.41) is 3.20. The van der Waals surface area contributed by atoms with Gasteiger partial charge in [0.2, 0.25) is 0 Å². The molecule has 0 radical (unpaired) electrons. The maximum absolute atomic E-state index is 11.8. The molecule has 0 unspecified atom stereocenters. The molecule has 2 rings (SSSR count). The number of para-hydroxylation sites is 1. The highest BCUT2D eigenvalue weighted by atomic mass is 35.5. The number of hydrogen-bond acceptors (Lipinski definition) is 2. The van der Waals surface area contributed by atoms with Gasteiger partial charge in [-0.05, 0) is 37.3 Å². The lowest BCUT2D eigenvalue weighted by molar-refractivity contribution is 0.0524. The molecular formula is C14H18ClNO2. The zero-order chi connectivity index (χ0) is 13.0. The van der Waals surface area contributed by atoms with Gasteiger partial charge in [0, 0.05) is 0 Å². The molecule has 18 heavy (non-hydrogen) atoms. The molecule has 1 aromatic carbocycles. The number of rotatable bonds is 2. The Balaban J connectivity index is 1.90. The van der Waals surface area contributed by atoms with Gasteiger partial charge in [-0.15, -0.1) is 0 Å². The molecule has 1 saturated carbocycles. The highest BCUT2D eigenvalue weighted by Crippen LogP contribution is 2.27. The first kappa shape index (κ1) is 13.2. The van der Waals surface area contributed by atoms with E-state index < -0.39 is 6.09 Å². The van der Waals surface area contributed by atoms with E-state index in [0.29, 0.717) is 16.6 Å². The molecule has 0 aliphatic heterocycles. The molecule has 0 aromatic heterocycles. The fourth-order valence-corrected chi connectivity index (χ4v) is 2.48. The number of amides is 1. The molecule has 1 amide bonds. The predicted molar refractivity (Wildman–Crippen MR) is 73.0 cm³/mol. The second kappa shape index (κ2) is 6.10. The van der Waals surface area contributed by atoms with Crippen molar-refractivity contribution in [3.8, 4) is 0 Å². The Bertz CT molecular complexity index is 422. The molecule has 1 N–H and O–H groups in total. The molecular weight excluding hydrogens is 250 g/mol. The SMILES string of the molecule is C[C@@H]1CCCC[C@H]1OC(=O)Nc1ccccc1Cl. The van der Waals surface area contributed by atoms with Gasteiger partial charge in [-0.1, -0.05) is 37.1 Å². The first-order valence-corrected chi connectivity index (χ1v) is 6.77. The molecule has 0 saturated heterocycles. The molecule has 0 spiro atoms. The third kappa shape index (κ3) is 3.39. The summed E-state index contributed by atoms with van der Waals surface area (Å²) in [5.41, 5.74) is 0.590. The van der Waals surface area contributed by atoms with Crippen LogP contribution in [0.15, 0.2) is 24.3 Å². The van der Waals surface area contributed by atoms with Crippen molar-refractivity contribution in [1.29, 1.82) is 0 Å². The minimum absolute atomic E-state index is 0.0289. The summed E-state index contributed by atoms with van der Waals surface area (Å²) >= 11 is 5.97. The fourth-order valence-electron chi connectivity index (χ4n) is 2.30. The molecule has 0 bridgehead atoms. The number of ether oxygens (including phenoxy) is 1. The van der Waals surface area contributed by atoms with E-state index >= 15 is 0 Å². The van der Waals surface area contributed by atoms with E-state index in [1.165, 1.54) is 6.42 Å². The van der Waals surface area contributed by atoms with E-state index in [2.05, 4.69) is 12.2 Å². The van der Waals surface area contributed by atoms with E-state index in [4.69, 9.17) is 16.3 Å². The van der Waals surface area contributed by atoms with Gasteiger partial charge in [0.05, 0.1) is 10.7 Å². The summed E-state index contributed by atoms with van der Waals surface area (Å²) in [4.78, 5) is 11.8. The largest absolute Gasteiger partial charge is 0.446 e. The van der Waals surface area contributed by atoms with Gasteiger partial charge in [-0.3, -0.25) is 5.32 Å². The van der Waals surface area contributed by atoms with E-state index in [1.807, 2.05) is 12.1 Å². The zero-order valence-electron chi connectivity index (χ0n) is 10.5. The van der Waals surface area contributed by atoms with E-state index in [1.54, 1.807) is 12.1 Å². The van der Waals surface area contributed by atoms with E-state index in [-0.39, 0.29) is 6.10 Å². The maximum Gasteiger partial charge on any atom is 0.411 e. The Morgan fingerprint density at radius 1 is 1.33 bits per heavy atom. The van der Waals surface area contributed by atoms with Crippen molar-refractivity contribution in [2.45, 2.75) is 38.7 Å². The second-order valence-electron chi connectivity index (χ2n) is 4.81. The van der Waals surface area contributed by atoms with Crippen molar-refractivity contribution in [1.82, 2.24) is 0 Å². The number of anilines is 1.